The normalized spacial score (nSPS) is 11.6. The Morgan fingerprint density at radius 2 is 1.78 bits per heavy atom. The Hall–Kier alpha value is -2.69. The zero-order valence-electron chi connectivity index (χ0n) is 18.3. The van der Waals surface area contributed by atoms with Gasteiger partial charge >= 0.3 is 0 Å². The van der Waals surface area contributed by atoms with Crippen LogP contribution in [0.25, 0.3) is 10.2 Å². The summed E-state index contributed by atoms with van der Waals surface area (Å²) in [4.78, 5) is 16.9. The van der Waals surface area contributed by atoms with Gasteiger partial charge in [0.05, 0.1) is 22.2 Å². The summed E-state index contributed by atoms with van der Waals surface area (Å²) >= 11 is 1.22. The first kappa shape index (κ1) is 24.0. The number of nitrogens with one attached hydrogen (secondary N) is 1. The Balaban J connectivity index is 1.72. The minimum Gasteiger partial charge on any atom is -0.493 e. The van der Waals surface area contributed by atoms with Crippen LogP contribution < -0.4 is 14.8 Å². The van der Waals surface area contributed by atoms with E-state index in [2.05, 4.69) is 10.3 Å². The smallest absolute Gasteiger partial charge is 0.264 e. The van der Waals surface area contributed by atoms with Gasteiger partial charge in [-0.1, -0.05) is 37.3 Å². The van der Waals surface area contributed by atoms with Crippen molar-refractivity contribution in [2.45, 2.75) is 31.6 Å². The summed E-state index contributed by atoms with van der Waals surface area (Å²) in [6.07, 6.45) is 1.49. The molecule has 172 valence electrons. The fraction of sp³-hybridized carbons (Fsp3) is 0.364. The molecule has 2 aromatic carbocycles. The fourth-order valence-electron chi connectivity index (χ4n) is 3.16. The topological polar surface area (TPSA) is 97.8 Å². The van der Waals surface area contributed by atoms with Crippen LogP contribution >= 0.6 is 11.3 Å². The van der Waals surface area contributed by atoms with Gasteiger partial charge in [-0.15, -0.1) is 0 Å². The lowest BCUT2D eigenvalue weighted by atomic mass is 10.3. The minimum absolute atomic E-state index is 0.209. The minimum atomic E-state index is -3.58. The van der Waals surface area contributed by atoms with Crippen molar-refractivity contribution in [1.82, 2.24) is 9.29 Å². The van der Waals surface area contributed by atoms with Crippen LogP contribution in [0, 0.1) is 0 Å². The molecule has 0 radical (unpaired) electrons. The van der Waals surface area contributed by atoms with Crippen molar-refractivity contribution in [1.29, 1.82) is 0 Å². The number of nitrogens with zero attached hydrogens (tertiary/aromatic N) is 2. The first-order valence-electron chi connectivity index (χ1n) is 10.4. The maximum absolute atomic E-state index is 13.0. The quantitative estimate of drug-likeness (QED) is 0.446. The second-order valence-electron chi connectivity index (χ2n) is 7.04. The van der Waals surface area contributed by atoms with Gasteiger partial charge in [-0.2, -0.15) is 4.31 Å². The van der Waals surface area contributed by atoms with E-state index < -0.39 is 10.0 Å². The molecule has 1 N–H and O–H groups in total. The molecule has 0 aliphatic carbocycles. The molecule has 0 saturated carbocycles. The lowest BCUT2D eigenvalue weighted by molar-refractivity contribution is -0.118. The summed E-state index contributed by atoms with van der Waals surface area (Å²) < 4.78 is 39.0. The zero-order chi connectivity index (χ0) is 23.1. The standard InChI is InChI=1S/C22H27N3O5S2/c1-4-12-25(13-5-2)32(27,28)16-10-11-17-20(14-16)31-22(23-17)24-21(26)15-30-19-9-7-6-8-18(19)29-3/h6-11,14H,4-5,12-13,15H2,1-3H3,(H,23,24,26). The van der Waals surface area contributed by atoms with Crippen molar-refractivity contribution < 1.29 is 22.7 Å². The molecule has 32 heavy (non-hydrogen) atoms. The van der Waals surface area contributed by atoms with Gasteiger partial charge in [0.1, 0.15) is 0 Å². The van der Waals surface area contributed by atoms with Crippen LogP contribution in [0.4, 0.5) is 5.13 Å². The molecule has 10 heteroatoms. The highest BCUT2D eigenvalue weighted by Crippen LogP contribution is 2.30. The predicted molar refractivity (Wildman–Crippen MR) is 126 cm³/mol. The van der Waals surface area contributed by atoms with Crippen molar-refractivity contribution in [2.75, 3.05) is 32.1 Å². The van der Waals surface area contributed by atoms with Crippen LogP contribution in [0.5, 0.6) is 11.5 Å². The molecule has 1 amide bonds. The number of hydrogen-bond acceptors (Lipinski definition) is 7. The number of sulfonamides is 1. The van der Waals surface area contributed by atoms with Gasteiger partial charge in [-0.25, -0.2) is 13.4 Å². The van der Waals surface area contributed by atoms with Crippen LogP contribution in [0.15, 0.2) is 47.4 Å². The number of rotatable bonds is 11. The Bertz CT molecular complexity index is 1170. The summed E-state index contributed by atoms with van der Waals surface area (Å²) in [6.45, 7) is 4.65. The van der Waals surface area contributed by atoms with E-state index in [1.165, 1.54) is 22.8 Å². The van der Waals surface area contributed by atoms with E-state index in [0.29, 0.717) is 39.9 Å². The van der Waals surface area contributed by atoms with E-state index in [-0.39, 0.29) is 17.4 Å². The number of fused-ring (bicyclic) bond motifs is 1. The third-order valence-electron chi connectivity index (χ3n) is 4.62. The predicted octanol–water partition coefficient (Wildman–Crippen LogP) is 4.13. The molecule has 0 aliphatic heterocycles. The lowest BCUT2D eigenvalue weighted by Gasteiger charge is -2.20. The number of carbonyl (C=O) groups is 1. The van der Waals surface area contributed by atoms with E-state index in [1.54, 1.807) is 36.4 Å². The zero-order valence-corrected chi connectivity index (χ0v) is 20.0. The molecular weight excluding hydrogens is 450 g/mol. The van der Waals surface area contributed by atoms with Gasteiger partial charge in [0.2, 0.25) is 10.0 Å². The third kappa shape index (κ3) is 5.56. The Kier molecular flexibility index (Phi) is 8.05. The van der Waals surface area contributed by atoms with E-state index in [9.17, 15) is 13.2 Å². The average Bonchev–Trinajstić information content (AvgIpc) is 3.19. The van der Waals surface area contributed by atoms with Crippen LogP contribution in [-0.4, -0.2) is 50.4 Å². The lowest BCUT2D eigenvalue weighted by Crippen LogP contribution is -2.32. The van der Waals surface area contributed by atoms with Crippen LogP contribution in [-0.2, 0) is 14.8 Å². The molecule has 0 bridgehead atoms. The molecule has 0 fully saturated rings. The third-order valence-corrected chi connectivity index (χ3v) is 7.45. The number of hydrogen-bond donors (Lipinski definition) is 1. The van der Waals surface area contributed by atoms with Crippen molar-refractivity contribution in [3.05, 3.63) is 42.5 Å². The SMILES string of the molecule is CCCN(CCC)S(=O)(=O)c1ccc2nc(NC(=O)COc3ccccc3OC)sc2c1. The highest BCUT2D eigenvalue weighted by Gasteiger charge is 2.24. The first-order valence-corrected chi connectivity index (χ1v) is 12.6. The van der Waals surface area contributed by atoms with Gasteiger partial charge in [-0.05, 0) is 43.2 Å². The number of amides is 1. The number of ether oxygens (including phenoxy) is 2. The van der Waals surface area contributed by atoms with Gasteiger partial charge < -0.3 is 9.47 Å². The second kappa shape index (κ2) is 10.8. The maximum Gasteiger partial charge on any atom is 0.264 e. The van der Waals surface area contributed by atoms with E-state index in [4.69, 9.17) is 9.47 Å². The molecule has 0 saturated heterocycles. The number of anilines is 1. The summed E-state index contributed by atoms with van der Waals surface area (Å²) in [5, 5.41) is 3.08. The molecule has 3 aromatic rings. The van der Waals surface area contributed by atoms with Gasteiger partial charge in [-0.3, -0.25) is 10.1 Å². The van der Waals surface area contributed by atoms with Gasteiger partial charge in [0.15, 0.2) is 23.2 Å². The van der Waals surface area contributed by atoms with Gasteiger partial charge in [0, 0.05) is 13.1 Å². The number of aromatic nitrogens is 1. The highest BCUT2D eigenvalue weighted by atomic mass is 32.2. The van der Waals surface area contributed by atoms with Gasteiger partial charge in [0.25, 0.3) is 5.91 Å². The summed E-state index contributed by atoms with van der Waals surface area (Å²) in [6, 6.07) is 11.9. The van der Waals surface area contributed by atoms with Crippen LogP contribution in [0.3, 0.4) is 0 Å². The summed E-state index contributed by atoms with van der Waals surface area (Å²) in [5.41, 5.74) is 0.618. The number of para-hydroxylation sites is 2. The maximum atomic E-state index is 13.0. The number of carbonyl (C=O) groups excluding carboxylic acids is 1. The summed E-state index contributed by atoms with van der Waals surface area (Å²) in [7, 11) is -2.05. The largest absolute Gasteiger partial charge is 0.493 e. The van der Waals surface area contributed by atoms with E-state index in [1.807, 2.05) is 19.9 Å². The van der Waals surface area contributed by atoms with E-state index in [0.717, 1.165) is 12.8 Å². The number of benzene rings is 2. The fourth-order valence-corrected chi connectivity index (χ4v) is 5.80. The number of thiazole rings is 1. The van der Waals surface area contributed by atoms with E-state index >= 15 is 0 Å². The average molecular weight is 478 g/mol. The van der Waals surface area contributed by atoms with Crippen molar-refractivity contribution in [3.63, 3.8) is 0 Å². The molecule has 1 aromatic heterocycles. The molecule has 0 unspecified atom stereocenters. The first-order chi connectivity index (χ1) is 15.4. The molecule has 0 aliphatic rings. The number of methoxy groups -OCH3 is 1. The van der Waals surface area contributed by atoms with Crippen molar-refractivity contribution in [3.8, 4) is 11.5 Å². The molecule has 8 nitrogen and oxygen atoms in total. The molecule has 0 spiro atoms. The van der Waals surface area contributed by atoms with Crippen molar-refractivity contribution >= 4 is 42.6 Å². The second-order valence-corrected chi connectivity index (χ2v) is 10.0. The monoisotopic (exact) mass is 477 g/mol. The van der Waals surface area contributed by atoms with Crippen LogP contribution in [0.1, 0.15) is 26.7 Å². The Morgan fingerprint density at radius 1 is 1.09 bits per heavy atom. The molecular formula is C22H27N3O5S2. The Morgan fingerprint density at radius 3 is 2.44 bits per heavy atom. The molecule has 0 atom stereocenters. The summed E-state index contributed by atoms with van der Waals surface area (Å²) in [5.74, 6) is 0.627. The molecule has 3 rings (SSSR count). The Labute approximate surface area is 192 Å². The van der Waals surface area contributed by atoms with Crippen LogP contribution in [0.2, 0.25) is 0 Å². The molecule has 1 heterocycles. The van der Waals surface area contributed by atoms with Crippen molar-refractivity contribution in [2.24, 2.45) is 0 Å². The highest BCUT2D eigenvalue weighted by molar-refractivity contribution is 7.89.